The van der Waals surface area contributed by atoms with Gasteiger partial charge < -0.3 is 10.7 Å². The minimum absolute atomic E-state index is 0.148. The zero-order valence-electron chi connectivity index (χ0n) is 10.1. The number of hydrogen-bond donors (Lipinski definition) is 2. The number of aromatic nitrogens is 3. The average Bonchev–Trinajstić information content (AvgIpc) is 2.95. The second kappa shape index (κ2) is 4.51. The molecular formula is C13H14N4S. The zero-order chi connectivity index (χ0) is 12.5. The van der Waals surface area contributed by atoms with E-state index >= 15 is 0 Å². The first kappa shape index (κ1) is 11.4. The van der Waals surface area contributed by atoms with E-state index in [1.165, 1.54) is 0 Å². The molecule has 18 heavy (non-hydrogen) atoms. The van der Waals surface area contributed by atoms with Crippen LogP contribution in [0, 0.1) is 0 Å². The third kappa shape index (κ3) is 2.14. The Balaban J connectivity index is 1.95. The van der Waals surface area contributed by atoms with Gasteiger partial charge in [0, 0.05) is 23.4 Å². The molecule has 0 aliphatic heterocycles. The highest BCUT2D eigenvalue weighted by molar-refractivity contribution is 7.13. The average molecular weight is 258 g/mol. The summed E-state index contributed by atoms with van der Waals surface area (Å²) in [6, 6.07) is 6.29. The van der Waals surface area contributed by atoms with Crippen molar-refractivity contribution in [2.75, 3.05) is 0 Å². The van der Waals surface area contributed by atoms with Crippen molar-refractivity contribution in [1.82, 2.24) is 15.0 Å². The molecule has 5 heteroatoms. The maximum absolute atomic E-state index is 5.78. The number of benzene rings is 1. The van der Waals surface area contributed by atoms with E-state index < -0.39 is 0 Å². The van der Waals surface area contributed by atoms with Crippen LogP contribution < -0.4 is 5.73 Å². The number of nitrogens with one attached hydrogen (secondary N) is 1. The number of imidazole rings is 1. The Bertz CT molecular complexity index is 668. The first-order chi connectivity index (χ1) is 8.72. The molecule has 1 atom stereocenters. The van der Waals surface area contributed by atoms with Crippen LogP contribution in [0.25, 0.3) is 21.6 Å². The second-order valence-corrected chi connectivity index (χ2v) is 5.32. The molecule has 2 aromatic heterocycles. The molecule has 4 nitrogen and oxygen atoms in total. The molecule has 3 aromatic rings. The van der Waals surface area contributed by atoms with Crippen molar-refractivity contribution >= 4 is 22.4 Å². The van der Waals surface area contributed by atoms with E-state index in [0.29, 0.717) is 0 Å². The summed E-state index contributed by atoms with van der Waals surface area (Å²) in [5, 5.41) is 3.11. The van der Waals surface area contributed by atoms with E-state index in [0.717, 1.165) is 33.7 Å². The van der Waals surface area contributed by atoms with Gasteiger partial charge in [0.05, 0.1) is 23.1 Å². The summed E-state index contributed by atoms with van der Waals surface area (Å²) < 4.78 is 0. The fourth-order valence-electron chi connectivity index (χ4n) is 1.93. The van der Waals surface area contributed by atoms with Gasteiger partial charge in [-0.3, -0.25) is 0 Å². The molecule has 0 fully saturated rings. The van der Waals surface area contributed by atoms with Crippen LogP contribution in [0.15, 0.2) is 29.9 Å². The number of H-pyrrole nitrogens is 1. The summed E-state index contributed by atoms with van der Waals surface area (Å²) in [4.78, 5) is 11.9. The standard InChI is InChI=1S/C13H14N4S/c1-8(14)4-10-6-18-13(17-10)9-2-3-11-12(5-9)16-7-15-11/h2-3,5-8H,4,14H2,1H3,(H,15,16). The van der Waals surface area contributed by atoms with Gasteiger partial charge >= 0.3 is 0 Å². The summed E-state index contributed by atoms with van der Waals surface area (Å²) in [6.45, 7) is 2.00. The minimum atomic E-state index is 0.148. The quantitative estimate of drug-likeness (QED) is 0.758. The van der Waals surface area contributed by atoms with Crippen molar-refractivity contribution in [2.45, 2.75) is 19.4 Å². The molecule has 0 spiro atoms. The summed E-state index contributed by atoms with van der Waals surface area (Å²) in [5.74, 6) is 0. The monoisotopic (exact) mass is 258 g/mol. The first-order valence-corrected chi connectivity index (χ1v) is 6.74. The van der Waals surface area contributed by atoms with Crippen molar-refractivity contribution in [3.05, 3.63) is 35.6 Å². The Labute approximate surface area is 109 Å². The molecule has 2 heterocycles. The van der Waals surface area contributed by atoms with Gasteiger partial charge in [-0.05, 0) is 25.1 Å². The molecule has 92 valence electrons. The van der Waals surface area contributed by atoms with Crippen LogP contribution in [0.5, 0.6) is 0 Å². The third-order valence-electron chi connectivity index (χ3n) is 2.75. The summed E-state index contributed by atoms with van der Waals surface area (Å²) in [7, 11) is 0. The summed E-state index contributed by atoms with van der Waals surface area (Å²) >= 11 is 1.65. The summed E-state index contributed by atoms with van der Waals surface area (Å²) in [5.41, 5.74) is 9.98. The molecule has 0 amide bonds. The fraction of sp³-hybridized carbons (Fsp3) is 0.231. The molecule has 1 unspecified atom stereocenters. The van der Waals surface area contributed by atoms with Crippen LogP contribution in [-0.4, -0.2) is 21.0 Å². The van der Waals surface area contributed by atoms with Gasteiger partial charge in [0.15, 0.2) is 0 Å². The van der Waals surface area contributed by atoms with Crippen LogP contribution in [0.1, 0.15) is 12.6 Å². The molecule has 1 aromatic carbocycles. The molecule has 0 aliphatic rings. The maximum atomic E-state index is 5.78. The number of fused-ring (bicyclic) bond motifs is 1. The van der Waals surface area contributed by atoms with Crippen LogP contribution in [0.4, 0.5) is 0 Å². The van der Waals surface area contributed by atoms with Gasteiger partial charge in [0.1, 0.15) is 5.01 Å². The van der Waals surface area contributed by atoms with Gasteiger partial charge in [0.2, 0.25) is 0 Å². The van der Waals surface area contributed by atoms with Crippen molar-refractivity contribution in [3.8, 4) is 10.6 Å². The molecule has 3 N–H and O–H groups in total. The van der Waals surface area contributed by atoms with Crippen molar-refractivity contribution < 1.29 is 0 Å². The second-order valence-electron chi connectivity index (χ2n) is 4.46. The SMILES string of the molecule is CC(N)Cc1csc(-c2ccc3nc[nH]c3c2)n1. The molecule has 0 aliphatic carbocycles. The summed E-state index contributed by atoms with van der Waals surface area (Å²) in [6.07, 6.45) is 2.53. The van der Waals surface area contributed by atoms with Crippen molar-refractivity contribution in [3.63, 3.8) is 0 Å². The maximum Gasteiger partial charge on any atom is 0.123 e. The lowest BCUT2D eigenvalue weighted by Gasteiger charge is -2.00. The largest absolute Gasteiger partial charge is 0.345 e. The minimum Gasteiger partial charge on any atom is -0.345 e. The van der Waals surface area contributed by atoms with Crippen LogP contribution >= 0.6 is 11.3 Å². The Morgan fingerprint density at radius 1 is 1.44 bits per heavy atom. The fourth-order valence-corrected chi connectivity index (χ4v) is 2.76. The highest BCUT2D eigenvalue weighted by Crippen LogP contribution is 2.26. The van der Waals surface area contributed by atoms with Crippen LogP contribution in [0.2, 0.25) is 0 Å². The number of thiazole rings is 1. The van der Waals surface area contributed by atoms with Crippen molar-refractivity contribution in [1.29, 1.82) is 0 Å². The molecule has 0 saturated carbocycles. The molecule has 0 saturated heterocycles. The highest BCUT2D eigenvalue weighted by atomic mass is 32.1. The Hall–Kier alpha value is -1.72. The highest BCUT2D eigenvalue weighted by Gasteiger charge is 2.07. The predicted octanol–water partition coefficient (Wildman–Crippen LogP) is 2.58. The number of hydrogen-bond acceptors (Lipinski definition) is 4. The molecule has 3 rings (SSSR count). The molecule has 0 radical (unpaired) electrons. The van der Waals surface area contributed by atoms with Gasteiger partial charge in [-0.2, -0.15) is 0 Å². The number of nitrogens with zero attached hydrogens (tertiary/aromatic N) is 2. The Kier molecular flexibility index (Phi) is 2.85. The molecular weight excluding hydrogens is 244 g/mol. The lowest BCUT2D eigenvalue weighted by Crippen LogP contribution is -2.17. The van der Waals surface area contributed by atoms with E-state index in [1.54, 1.807) is 17.7 Å². The van der Waals surface area contributed by atoms with Crippen LogP contribution in [-0.2, 0) is 6.42 Å². The van der Waals surface area contributed by atoms with Gasteiger partial charge in [-0.15, -0.1) is 11.3 Å². The number of aromatic amines is 1. The number of nitrogens with two attached hydrogens (primary N) is 1. The van der Waals surface area contributed by atoms with Gasteiger partial charge in [0.25, 0.3) is 0 Å². The van der Waals surface area contributed by atoms with Crippen molar-refractivity contribution in [2.24, 2.45) is 5.73 Å². The number of rotatable bonds is 3. The third-order valence-corrected chi connectivity index (χ3v) is 3.69. The molecule has 0 bridgehead atoms. The normalized spacial score (nSPS) is 13.0. The van der Waals surface area contributed by atoms with E-state index in [4.69, 9.17) is 5.73 Å². The Morgan fingerprint density at radius 2 is 2.33 bits per heavy atom. The first-order valence-electron chi connectivity index (χ1n) is 5.86. The van der Waals surface area contributed by atoms with Gasteiger partial charge in [-0.1, -0.05) is 0 Å². The van der Waals surface area contributed by atoms with E-state index in [9.17, 15) is 0 Å². The lowest BCUT2D eigenvalue weighted by atomic mass is 10.2. The van der Waals surface area contributed by atoms with Crippen LogP contribution in [0.3, 0.4) is 0 Å². The Morgan fingerprint density at radius 3 is 3.17 bits per heavy atom. The smallest absolute Gasteiger partial charge is 0.123 e. The van der Waals surface area contributed by atoms with Gasteiger partial charge in [-0.25, -0.2) is 9.97 Å². The lowest BCUT2D eigenvalue weighted by molar-refractivity contribution is 0.726. The predicted molar refractivity (Wildman–Crippen MR) is 74.6 cm³/mol. The van der Waals surface area contributed by atoms with E-state index in [1.807, 2.05) is 13.0 Å². The van der Waals surface area contributed by atoms with E-state index in [-0.39, 0.29) is 6.04 Å². The van der Waals surface area contributed by atoms with E-state index in [2.05, 4.69) is 32.5 Å². The zero-order valence-corrected chi connectivity index (χ0v) is 10.9. The topological polar surface area (TPSA) is 67.6 Å².